The van der Waals surface area contributed by atoms with Gasteiger partial charge in [0.15, 0.2) is 0 Å². The molecule has 1 unspecified atom stereocenters. The number of rotatable bonds is 6. The molecule has 1 N–H and O–H groups in total. The lowest BCUT2D eigenvalue weighted by Crippen LogP contribution is -2.44. The molecule has 0 bridgehead atoms. The third-order valence-electron chi connectivity index (χ3n) is 5.21. The van der Waals surface area contributed by atoms with Crippen LogP contribution in [0.15, 0.2) is 47.1 Å². The Balaban J connectivity index is 1.37. The monoisotopic (exact) mass is 398 g/mol. The van der Waals surface area contributed by atoms with Gasteiger partial charge in [-0.05, 0) is 50.2 Å². The number of nitrogens with one attached hydrogen (secondary N) is 1. The van der Waals surface area contributed by atoms with Crippen LogP contribution in [0.1, 0.15) is 36.1 Å². The molecule has 4 rings (SSSR count). The number of amides is 2. The second-order valence-corrected chi connectivity index (χ2v) is 8.36. The predicted octanol–water partition coefficient (Wildman–Crippen LogP) is 4.26. The van der Waals surface area contributed by atoms with E-state index in [9.17, 15) is 4.79 Å². The van der Waals surface area contributed by atoms with Crippen molar-refractivity contribution < 1.29 is 9.21 Å². The van der Waals surface area contributed by atoms with Gasteiger partial charge >= 0.3 is 6.03 Å². The van der Waals surface area contributed by atoms with Gasteiger partial charge in [0.2, 0.25) is 0 Å². The van der Waals surface area contributed by atoms with Gasteiger partial charge in [-0.1, -0.05) is 18.6 Å². The van der Waals surface area contributed by atoms with Gasteiger partial charge in [-0.2, -0.15) is 0 Å². The highest BCUT2D eigenvalue weighted by atomic mass is 32.1. The fourth-order valence-electron chi connectivity index (χ4n) is 3.70. The van der Waals surface area contributed by atoms with E-state index in [1.807, 2.05) is 37.4 Å². The van der Waals surface area contributed by atoms with Crippen LogP contribution in [-0.2, 0) is 6.54 Å². The Morgan fingerprint density at radius 3 is 2.82 bits per heavy atom. The number of fused-ring (bicyclic) bond motifs is 1. The molecule has 7 heteroatoms. The normalized spacial score (nSPS) is 16.2. The summed E-state index contributed by atoms with van der Waals surface area (Å²) in [6.45, 7) is 3.13. The SMILES string of the molecule is CN(Cc1nc2ccccc2s1)C(=O)NCC(c1ccco1)N1CCCCC1. The standard InChI is InChI=1S/C21H26N4O2S/c1-24(15-20-23-16-8-3-4-10-19(16)28-20)21(26)22-14-17(18-9-7-13-27-18)25-11-5-2-6-12-25/h3-4,7-10,13,17H,2,5-6,11-12,14-15H2,1H3,(H,22,26). The van der Waals surface area contributed by atoms with E-state index in [1.54, 1.807) is 22.5 Å². The summed E-state index contributed by atoms with van der Waals surface area (Å²) in [5.41, 5.74) is 0.985. The molecular weight excluding hydrogens is 372 g/mol. The second kappa shape index (κ2) is 8.75. The van der Waals surface area contributed by atoms with Crippen molar-refractivity contribution in [2.75, 3.05) is 26.7 Å². The molecule has 1 aliphatic rings. The van der Waals surface area contributed by atoms with Gasteiger partial charge < -0.3 is 14.6 Å². The molecule has 1 saturated heterocycles. The second-order valence-electron chi connectivity index (χ2n) is 7.25. The Morgan fingerprint density at radius 2 is 2.07 bits per heavy atom. The largest absolute Gasteiger partial charge is 0.468 e. The molecule has 1 atom stereocenters. The number of carbonyl (C=O) groups is 1. The van der Waals surface area contributed by atoms with Crippen molar-refractivity contribution in [3.63, 3.8) is 0 Å². The Hall–Kier alpha value is -2.38. The zero-order valence-electron chi connectivity index (χ0n) is 16.1. The van der Waals surface area contributed by atoms with Crippen LogP contribution in [0.3, 0.4) is 0 Å². The zero-order chi connectivity index (χ0) is 19.3. The third-order valence-corrected chi connectivity index (χ3v) is 6.23. The van der Waals surface area contributed by atoms with E-state index in [2.05, 4.69) is 21.3 Å². The van der Waals surface area contributed by atoms with Crippen molar-refractivity contribution in [1.82, 2.24) is 20.1 Å². The Bertz CT molecular complexity index is 869. The molecule has 1 aliphatic heterocycles. The average molecular weight is 399 g/mol. The minimum Gasteiger partial charge on any atom is -0.468 e. The molecule has 0 radical (unpaired) electrons. The highest BCUT2D eigenvalue weighted by Crippen LogP contribution is 2.25. The lowest BCUT2D eigenvalue weighted by Gasteiger charge is -2.33. The van der Waals surface area contributed by atoms with Gasteiger partial charge in [0.05, 0.1) is 29.1 Å². The number of para-hydroxylation sites is 1. The van der Waals surface area contributed by atoms with Gasteiger partial charge in [-0.25, -0.2) is 9.78 Å². The molecule has 148 valence electrons. The highest BCUT2D eigenvalue weighted by Gasteiger charge is 2.25. The summed E-state index contributed by atoms with van der Waals surface area (Å²) in [7, 11) is 1.81. The van der Waals surface area contributed by atoms with Gasteiger partial charge in [-0.15, -0.1) is 11.3 Å². The molecule has 0 spiro atoms. The van der Waals surface area contributed by atoms with E-state index in [0.717, 1.165) is 34.1 Å². The molecule has 3 heterocycles. The summed E-state index contributed by atoms with van der Waals surface area (Å²) in [6.07, 6.45) is 5.37. The highest BCUT2D eigenvalue weighted by molar-refractivity contribution is 7.18. The van der Waals surface area contributed by atoms with Crippen LogP contribution in [0.4, 0.5) is 4.79 Å². The van der Waals surface area contributed by atoms with Crippen molar-refractivity contribution in [2.24, 2.45) is 0 Å². The van der Waals surface area contributed by atoms with Gasteiger partial charge in [0, 0.05) is 13.6 Å². The van der Waals surface area contributed by atoms with Crippen LogP contribution in [0.5, 0.6) is 0 Å². The average Bonchev–Trinajstić information content (AvgIpc) is 3.38. The maximum absolute atomic E-state index is 12.7. The number of hydrogen-bond acceptors (Lipinski definition) is 5. The molecule has 0 saturated carbocycles. The van der Waals surface area contributed by atoms with Crippen LogP contribution in [-0.4, -0.2) is 47.5 Å². The smallest absolute Gasteiger partial charge is 0.317 e. The summed E-state index contributed by atoms with van der Waals surface area (Å²) >= 11 is 1.63. The number of likely N-dealkylation sites (tertiary alicyclic amines) is 1. The van der Waals surface area contributed by atoms with E-state index >= 15 is 0 Å². The van der Waals surface area contributed by atoms with E-state index < -0.39 is 0 Å². The Kier molecular flexibility index (Phi) is 5.92. The molecule has 6 nitrogen and oxygen atoms in total. The number of urea groups is 1. The first-order chi connectivity index (χ1) is 13.7. The quantitative estimate of drug-likeness (QED) is 0.674. The van der Waals surface area contributed by atoms with Gasteiger partial charge in [0.25, 0.3) is 0 Å². The van der Waals surface area contributed by atoms with Crippen LogP contribution >= 0.6 is 11.3 Å². The maximum atomic E-state index is 12.7. The summed E-state index contributed by atoms with van der Waals surface area (Å²) < 4.78 is 6.80. The Labute approximate surface area is 169 Å². The topological polar surface area (TPSA) is 61.6 Å². The molecule has 2 amide bonds. The van der Waals surface area contributed by atoms with Gasteiger partial charge in [0.1, 0.15) is 10.8 Å². The van der Waals surface area contributed by atoms with Crippen molar-refractivity contribution in [3.05, 3.63) is 53.4 Å². The molecular formula is C21H26N4O2S. The first-order valence-corrected chi connectivity index (χ1v) is 10.6. The van der Waals surface area contributed by atoms with Crippen LogP contribution < -0.4 is 5.32 Å². The molecule has 3 aromatic rings. The third kappa shape index (κ3) is 4.36. The molecule has 0 aliphatic carbocycles. The van der Waals surface area contributed by atoms with Crippen molar-refractivity contribution in [3.8, 4) is 0 Å². The number of carbonyl (C=O) groups excluding carboxylic acids is 1. The maximum Gasteiger partial charge on any atom is 0.317 e. The van der Waals surface area contributed by atoms with E-state index in [-0.39, 0.29) is 12.1 Å². The fraction of sp³-hybridized carbons (Fsp3) is 0.429. The van der Waals surface area contributed by atoms with E-state index in [1.165, 1.54) is 19.3 Å². The number of benzene rings is 1. The van der Waals surface area contributed by atoms with Crippen molar-refractivity contribution in [2.45, 2.75) is 31.8 Å². The summed E-state index contributed by atoms with van der Waals surface area (Å²) in [5, 5.41) is 4.03. The van der Waals surface area contributed by atoms with Crippen molar-refractivity contribution >= 4 is 27.6 Å². The number of piperidine rings is 1. The number of hydrogen-bond donors (Lipinski definition) is 1. The minimum atomic E-state index is -0.0900. The minimum absolute atomic E-state index is 0.0788. The van der Waals surface area contributed by atoms with Gasteiger partial charge in [-0.3, -0.25) is 4.90 Å². The number of thiazole rings is 1. The summed E-state index contributed by atoms with van der Waals surface area (Å²) in [4.78, 5) is 21.4. The summed E-state index contributed by atoms with van der Waals surface area (Å²) in [5.74, 6) is 0.913. The van der Waals surface area contributed by atoms with E-state index in [4.69, 9.17) is 4.42 Å². The van der Waals surface area contributed by atoms with Crippen LogP contribution in [0, 0.1) is 0 Å². The molecule has 1 fully saturated rings. The first-order valence-electron chi connectivity index (χ1n) is 9.81. The van der Waals surface area contributed by atoms with Crippen LogP contribution in [0.2, 0.25) is 0 Å². The number of nitrogens with zero attached hydrogens (tertiary/aromatic N) is 3. The number of furan rings is 1. The lowest BCUT2D eigenvalue weighted by atomic mass is 10.1. The molecule has 1 aromatic carbocycles. The summed E-state index contributed by atoms with van der Waals surface area (Å²) in [6, 6.07) is 11.9. The zero-order valence-corrected chi connectivity index (χ0v) is 17.0. The molecule has 2 aromatic heterocycles. The first kappa shape index (κ1) is 19.0. The van der Waals surface area contributed by atoms with E-state index in [0.29, 0.717) is 13.1 Å². The molecule has 28 heavy (non-hydrogen) atoms. The van der Waals surface area contributed by atoms with Crippen molar-refractivity contribution in [1.29, 1.82) is 0 Å². The Morgan fingerprint density at radius 1 is 1.25 bits per heavy atom. The fourth-order valence-corrected chi connectivity index (χ4v) is 4.72. The lowest BCUT2D eigenvalue weighted by molar-refractivity contribution is 0.140. The number of aromatic nitrogens is 1. The van der Waals surface area contributed by atoms with Crippen LogP contribution in [0.25, 0.3) is 10.2 Å². The predicted molar refractivity (Wildman–Crippen MR) is 111 cm³/mol.